The van der Waals surface area contributed by atoms with Crippen LogP contribution >= 0.6 is 50.5 Å². The van der Waals surface area contributed by atoms with Crippen molar-refractivity contribution < 1.29 is 12.8 Å². The van der Waals surface area contributed by atoms with Gasteiger partial charge in [-0.1, -0.05) is 23.2 Å². The molecule has 24 heavy (non-hydrogen) atoms. The lowest BCUT2D eigenvalue weighted by Gasteiger charge is -2.06. The van der Waals surface area contributed by atoms with E-state index in [9.17, 15) is 12.8 Å². The average molecular weight is 472 g/mol. The van der Waals surface area contributed by atoms with Crippen molar-refractivity contribution in [2.45, 2.75) is 11.3 Å². The minimum absolute atomic E-state index is 0.0656. The van der Waals surface area contributed by atoms with E-state index in [4.69, 9.17) is 23.2 Å². The summed E-state index contributed by atoms with van der Waals surface area (Å²) in [7, 11) is -3.80. The van der Waals surface area contributed by atoms with Gasteiger partial charge in [-0.25, -0.2) is 17.5 Å². The van der Waals surface area contributed by atoms with Crippen molar-refractivity contribution >= 4 is 71.4 Å². The van der Waals surface area contributed by atoms with E-state index in [0.717, 1.165) is 27.8 Å². The lowest BCUT2D eigenvalue weighted by Crippen LogP contribution is -2.26. The molecule has 3 aromatic rings. The molecule has 4 nitrogen and oxygen atoms in total. The molecule has 0 aliphatic rings. The second-order valence-corrected chi connectivity index (χ2v) is 9.67. The molecule has 0 bridgehead atoms. The van der Waals surface area contributed by atoms with Crippen molar-refractivity contribution in [3.63, 3.8) is 0 Å². The minimum atomic E-state index is -3.80. The molecule has 0 atom stereocenters. The maximum atomic E-state index is 13.4. The van der Waals surface area contributed by atoms with Crippen LogP contribution in [0.15, 0.2) is 33.8 Å². The Hall–Kier alpha value is -0.640. The third-order valence-electron chi connectivity index (χ3n) is 3.41. The summed E-state index contributed by atoms with van der Waals surface area (Å²) in [6.45, 7) is 0.141. The Morgan fingerprint density at radius 1 is 1.29 bits per heavy atom. The zero-order valence-corrected chi connectivity index (χ0v) is 16.6. The van der Waals surface area contributed by atoms with Gasteiger partial charge in [-0.3, -0.25) is 0 Å². The summed E-state index contributed by atoms with van der Waals surface area (Å²) in [5, 5.41) is 0.729. The molecule has 10 heteroatoms. The second-order valence-electron chi connectivity index (χ2n) is 4.94. The Morgan fingerprint density at radius 3 is 2.71 bits per heavy atom. The third-order valence-corrected chi connectivity index (χ3v) is 8.34. The summed E-state index contributed by atoms with van der Waals surface area (Å²) < 4.78 is 41.2. The number of aromatic amines is 1. The summed E-state index contributed by atoms with van der Waals surface area (Å²) in [6.07, 6.45) is 2.14. The van der Waals surface area contributed by atoms with E-state index in [1.54, 1.807) is 12.3 Å². The standard InChI is InChI=1S/C14H10BrCl2FN2O2S2/c15-11-12(14(17)23-13(11)16)24(21,22)20-4-3-7-6-19-10-2-1-8(18)5-9(7)10/h1-2,5-6,19-20H,3-4H2. The molecule has 0 saturated carbocycles. The number of benzene rings is 1. The molecule has 3 rings (SSSR count). The fourth-order valence-corrected chi connectivity index (χ4v) is 6.90. The quantitative estimate of drug-likeness (QED) is 0.552. The molecular formula is C14H10BrCl2FN2O2S2. The van der Waals surface area contributed by atoms with Crippen molar-refractivity contribution in [2.75, 3.05) is 6.54 Å². The first-order valence-electron chi connectivity index (χ1n) is 6.68. The van der Waals surface area contributed by atoms with Crippen molar-refractivity contribution in [3.05, 3.63) is 48.9 Å². The van der Waals surface area contributed by atoms with Gasteiger partial charge in [0, 0.05) is 23.6 Å². The van der Waals surface area contributed by atoms with Crippen LogP contribution in [0.1, 0.15) is 5.56 Å². The zero-order valence-electron chi connectivity index (χ0n) is 11.9. The molecule has 0 unspecified atom stereocenters. The predicted molar refractivity (Wildman–Crippen MR) is 99.2 cm³/mol. The molecule has 0 saturated heterocycles. The van der Waals surface area contributed by atoms with E-state index < -0.39 is 10.0 Å². The van der Waals surface area contributed by atoms with Crippen LogP contribution in [0.3, 0.4) is 0 Å². The van der Waals surface area contributed by atoms with Crippen molar-refractivity contribution in [1.29, 1.82) is 0 Å². The van der Waals surface area contributed by atoms with Crippen LogP contribution < -0.4 is 4.72 Å². The highest BCUT2D eigenvalue weighted by Gasteiger charge is 2.25. The number of halogens is 4. The van der Waals surface area contributed by atoms with Crippen molar-refractivity contribution in [3.8, 4) is 0 Å². The van der Waals surface area contributed by atoms with E-state index in [1.165, 1.54) is 12.1 Å². The van der Waals surface area contributed by atoms with Crippen LogP contribution in [0, 0.1) is 5.82 Å². The van der Waals surface area contributed by atoms with Gasteiger partial charge >= 0.3 is 0 Å². The minimum Gasteiger partial charge on any atom is -0.361 e. The molecule has 2 heterocycles. The number of fused-ring (bicyclic) bond motifs is 1. The van der Waals surface area contributed by atoms with E-state index >= 15 is 0 Å². The molecule has 0 amide bonds. The van der Waals surface area contributed by atoms with Gasteiger partial charge in [0.1, 0.15) is 19.4 Å². The van der Waals surface area contributed by atoms with Crippen LogP contribution in [-0.4, -0.2) is 19.9 Å². The Labute approximate surface area is 160 Å². The molecule has 1 aromatic carbocycles. The summed E-state index contributed by atoms with van der Waals surface area (Å²) >= 11 is 16.0. The lowest BCUT2D eigenvalue weighted by molar-refractivity contribution is 0.581. The number of aromatic nitrogens is 1. The van der Waals surface area contributed by atoms with Crippen molar-refractivity contribution in [1.82, 2.24) is 9.71 Å². The summed E-state index contributed by atoms with van der Waals surface area (Å²) in [4.78, 5) is 2.96. The highest BCUT2D eigenvalue weighted by atomic mass is 79.9. The Morgan fingerprint density at radius 2 is 2.04 bits per heavy atom. The van der Waals surface area contributed by atoms with Gasteiger partial charge in [-0.2, -0.15) is 0 Å². The topological polar surface area (TPSA) is 62.0 Å². The van der Waals surface area contributed by atoms with Crippen LogP contribution in [0.25, 0.3) is 10.9 Å². The number of rotatable bonds is 5. The van der Waals surface area contributed by atoms with E-state index in [1.807, 2.05) is 0 Å². The molecule has 128 valence electrons. The fourth-order valence-electron chi connectivity index (χ4n) is 2.32. The largest absolute Gasteiger partial charge is 0.361 e. The van der Waals surface area contributed by atoms with Gasteiger partial charge in [0.2, 0.25) is 10.0 Å². The van der Waals surface area contributed by atoms with E-state index in [0.29, 0.717) is 6.42 Å². The van der Waals surface area contributed by atoms with Gasteiger partial charge in [0.15, 0.2) is 0 Å². The van der Waals surface area contributed by atoms with Crippen LogP contribution in [0.2, 0.25) is 8.67 Å². The predicted octanol–water partition coefficient (Wildman–Crippen LogP) is 4.96. The maximum Gasteiger partial charge on any atom is 0.244 e. The summed E-state index contributed by atoms with van der Waals surface area (Å²) in [6, 6.07) is 4.43. The maximum absolute atomic E-state index is 13.4. The number of H-pyrrole nitrogens is 1. The number of nitrogens with one attached hydrogen (secondary N) is 2. The first kappa shape index (κ1) is 18.2. The Bertz CT molecular complexity index is 1020. The first-order chi connectivity index (χ1) is 11.3. The Kier molecular flexibility index (Phi) is 5.25. The van der Waals surface area contributed by atoms with Gasteiger partial charge in [0.25, 0.3) is 0 Å². The highest BCUT2D eigenvalue weighted by molar-refractivity contribution is 9.10. The molecular weight excluding hydrogens is 462 g/mol. The fraction of sp³-hybridized carbons (Fsp3) is 0.143. The third kappa shape index (κ3) is 3.49. The lowest BCUT2D eigenvalue weighted by atomic mass is 10.1. The van der Waals surface area contributed by atoms with Crippen LogP contribution in [0.4, 0.5) is 4.39 Å². The van der Waals surface area contributed by atoms with E-state index in [2.05, 4.69) is 25.6 Å². The Balaban J connectivity index is 1.76. The molecule has 2 N–H and O–H groups in total. The SMILES string of the molecule is O=S(=O)(NCCc1c[nH]c2ccc(F)cc12)c1c(Cl)sc(Cl)c1Br. The molecule has 2 aromatic heterocycles. The molecule has 0 radical (unpaired) electrons. The number of sulfonamides is 1. The molecule has 0 aliphatic heterocycles. The highest BCUT2D eigenvalue weighted by Crippen LogP contribution is 2.42. The smallest absolute Gasteiger partial charge is 0.244 e. The van der Waals surface area contributed by atoms with Gasteiger partial charge in [-0.05, 0) is 46.1 Å². The summed E-state index contributed by atoms with van der Waals surface area (Å²) in [5.41, 5.74) is 1.62. The van der Waals surface area contributed by atoms with Gasteiger partial charge in [-0.15, -0.1) is 11.3 Å². The molecule has 0 fully saturated rings. The number of thiophene rings is 1. The monoisotopic (exact) mass is 470 g/mol. The first-order valence-corrected chi connectivity index (χ1v) is 10.5. The second kappa shape index (κ2) is 6.93. The average Bonchev–Trinajstić information content (AvgIpc) is 3.00. The number of hydrogen-bond donors (Lipinski definition) is 2. The molecule has 0 aliphatic carbocycles. The number of hydrogen-bond acceptors (Lipinski definition) is 3. The van der Waals surface area contributed by atoms with E-state index in [-0.39, 0.29) is 30.4 Å². The van der Waals surface area contributed by atoms with Crippen LogP contribution in [-0.2, 0) is 16.4 Å². The van der Waals surface area contributed by atoms with Gasteiger partial charge in [0.05, 0.1) is 4.47 Å². The summed E-state index contributed by atoms with van der Waals surface area (Å²) in [5.74, 6) is -0.340. The van der Waals surface area contributed by atoms with Crippen LogP contribution in [0.5, 0.6) is 0 Å². The van der Waals surface area contributed by atoms with Gasteiger partial charge < -0.3 is 4.98 Å². The molecule has 0 spiro atoms. The normalized spacial score (nSPS) is 12.2. The zero-order chi connectivity index (χ0) is 17.5. The van der Waals surface area contributed by atoms with Crippen molar-refractivity contribution in [2.24, 2.45) is 0 Å².